The minimum Gasteiger partial charge on any atom is -0.497 e. The van der Waals surface area contributed by atoms with Crippen LogP contribution in [0.4, 0.5) is 5.13 Å². The number of hydrogen-bond acceptors (Lipinski definition) is 5. The van der Waals surface area contributed by atoms with Crippen LogP contribution in [0.3, 0.4) is 0 Å². The highest BCUT2D eigenvalue weighted by Gasteiger charge is 2.11. The van der Waals surface area contributed by atoms with Crippen LogP contribution in [-0.4, -0.2) is 29.1 Å². The number of thiazole rings is 1. The van der Waals surface area contributed by atoms with Gasteiger partial charge in [0.2, 0.25) is 0 Å². The second-order valence-electron chi connectivity index (χ2n) is 5.09. The Morgan fingerprint density at radius 3 is 2.28 bits per heavy atom. The van der Waals surface area contributed by atoms with Crippen LogP contribution < -0.4 is 10.1 Å². The Labute approximate surface area is 147 Å². The quantitative estimate of drug-likeness (QED) is 0.728. The van der Waals surface area contributed by atoms with Gasteiger partial charge in [0.1, 0.15) is 5.75 Å². The molecule has 0 spiro atoms. The van der Waals surface area contributed by atoms with E-state index >= 15 is 0 Å². The Balaban J connectivity index is 1.72. The van der Waals surface area contributed by atoms with Crippen molar-refractivity contribution >= 4 is 28.3 Å². The smallest absolute Gasteiger partial charge is 0.335 e. The second-order valence-corrected chi connectivity index (χ2v) is 6.13. The first-order valence-corrected chi connectivity index (χ1v) is 8.13. The molecule has 2 N–H and O–H groups in total. The van der Waals surface area contributed by atoms with E-state index in [1.165, 1.54) is 23.5 Å². The number of benzene rings is 2. The van der Waals surface area contributed by atoms with Crippen molar-refractivity contribution in [3.05, 3.63) is 65.9 Å². The summed E-state index contributed by atoms with van der Waals surface area (Å²) in [5.41, 5.74) is 1.57. The molecular formula is C18H14N2O4S. The second kappa shape index (κ2) is 7.14. The fourth-order valence-corrected chi connectivity index (χ4v) is 2.97. The molecule has 0 bridgehead atoms. The molecule has 126 valence electrons. The molecule has 0 atom stereocenters. The number of nitrogens with one attached hydrogen (secondary N) is 1. The summed E-state index contributed by atoms with van der Waals surface area (Å²) >= 11 is 1.32. The van der Waals surface area contributed by atoms with Gasteiger partial charge in [-0.1, -0.05) is 23.5 Å². The highest BCUT2D eigenvalue weighted by atomic mass is 32.1. The van der Waals surface area contributed by atoms with Crippen LogP contribution in [0.1, 0.15) is 20.7 Å². The molecule has 3 rings (SSSR count). The van der Waals surface area contributed by atoms with Crippen molar-refractivity contribution in [3.8, 4) is 16.2 Å². The van der Waals surface area contributed by atoms with E-state index in [0.29, 0.717) is 16.4 Å². The van der Waals surface area contributed by atoms with Gasteiger partial charge in [-0.05, 0) is 42.0 Å². The SMILES string of the molecule is COc1ccc(C(=O)Nc2ncc(-c3ccc(C(=O)O)cc3)s2)cc1. The topological polar surface area (TPSA) is 88.5 Å². The number of rotatable bonds is 5. The summed E-state index contributed by atoms with van der Waals surface area (Å²) in [7, 11) is 1.56. The lowest BCUT2D eigenvalue weighted by atomic mass is 10.1. The fourth-order valence-electron chi connectivity index (χ4n) is 2.15. The van der Waals surface area contributed by atoms with Gasteiger partial charge in [0.15, 0.2) is 5.13 Å². The maximum Gasteiger partial charge on any atom is 0.335 e. The van der Waals surface area contributed by atoms with E-state index in [1.807, 2.05) is 0 Å². The van der Waals surface area contributed by atoms with Crippen molar-refractivity contribution < 1.29 is 19.4 Å². The number of aromatic nitrogens is 1. The lowest BCUT2D eigenvalue weighted by Crippen LogP contribution is -2.11. The molecule has 1 amide bonds. The molecule has 0 saturated carbocycles. The number of carbonyl (C=O) groups excluding carboxylic acids is 1. The first-order chi connectivity index (χ1) is 12.1. The molecule has 1 heterocycles. The standard InChI is InChI=1S/C18H14N2O4S/c1-24-14-8-6-12(7-9-14)16(21)20-18-19-10-15(25-18)11-2-4-13(5-3-11)17(22)23/h2-10H,1H3,(H,22,23)(H,19,20,21). The molecule has 0 radical (unpaired) electrons. The van der Waals surface area contributed by atoms with Crippen LogP contribution in [-0.2, 0) is 0 Å². The first kappa shape index (κ1) is 16.7. The minimum absolute atomic E-state index is 0.223. The Bertz CT molecular complexity index is 902. The summed E-state index contributed by atoms with van der Waals surface area (Å²) in [5.74, 6) is -0.550. The summed E-state index contributed by atoms with van der Waals surface area (Å²) in [4.78, 5) is 28.1. The summed E-state index contributed by atoms with van der Waals surface area (Å²) in [6.07, 6.45) is 1.64. The van der Waals surface area contributed by atoms with Gasteiger partial charge in [0, 0.05) is 11.8 Å². The van der Waals surface area contributed by atoms with E-state index in [9.17, 15) is 9.59 Å². The highest BCUT2D eigenvalue weighted by Crippen LogP contribution is 2.29. The predicted molar refractivity (Wildman–Crippen MR) is 95.5 cm³/mol. The number of anilines is 1. The molecule has 1 aromatic heterocycles. The first-order valence-electron chi connectivity index (χ1n) is 7.32. The van der Waals surface area contributed by atoms with Crippen molar-refractivity contribution in [2.24, 2.45) is 0 Å². The van der Waals surface area contributed by atoms with Gasteiger partial charge in [-0.25, -0.2) is 9.78 Å². The summed E-state index contributed by atoms with van der Waals surface area (Å²) < 4.78 is 5.06. The third kappa shape index (κ3) is 3.84. The van der Waals surface area contributed by atoms with Crippen molar-refractivity contribution in [1.29, 1.82) is 0 Å². The highest BCUT2D eigenvalue weighted by molar-refractivity contribution is 7.19. The monoisotopic (exact) mass is 354 g/mol. The number of ether oxygens (including phenoxy) is 1. The number of hydrogen-bond donors (Lipinski definition) is 2. The normalized spacial score (nSPS) is 10.3. The van der Waals surface area contributed by atoms with Crippen LogP contribution in [0.25, 0.3) is 10.4 Å². The Kier molecular flexibility index (Phi) is 4.76. The lowest BCUT2D eigenvalue weighted by molar-refractivity contribution is 0.0696. The van der Waals surface area contributed by atoms with Crippen LogP contribution in [0.15, 0.2) is 54.7 Å². The Morgan fingerprint density at radius 1 is 1.04 bits per heavy atom. The van der Waals surface area contributed by atoms with Crippen molar-refractivity contribution in [2.75, 3.05) is 12.4 Å². The van der Waals surface area contributed by atoms with Crippen molar-refractivity contribution in [3.63, 3.8) is 0 Å². The van der Waals surface area contributed by atoms with Crippen LogP contribution >= 0.6 is 11.3 Å². The van der Waals surface area contributed by atoms with Crippen molar-refractivity contribution in [1.82, 2.24) is 4.98 Å². The molecule has 0 aliphatic heterocycles. The van der Waals surface area contributed by atoms with E-state index < -0.39 is 5.97 Å². The number of methoxy groups -OCH3 is 1. The van der Waals surface area contributed by atoms with Gasteiger partial charge in [0.05, 0.1) is 17.6 Å². The third-order valence-electron chi connectivity index (χ3n) is 3.49. The minimum atomic E-state index is -0.969. The predicted octanol–water partition coefficient (Wildman–Crippen LogP) is 3.77. The molecule has 0 aliphatic rings. The average Bonchev–Trinajstić information content (AvgIpc) is 3.10. The van der Waals surface area contributed by atoms with E-state index in [1.54, 1.807) is 49.7 Å². The maximum atomic E-state index is 12.2. The number of aromatic carboxylic acids is 1. The van der Waals surface area contributed by atoms with Gasteiger partial charge in [-0.2, -0.15) is 0 Å². The Hall–Kier alpha value is -3.19. The number of carboxylic acids is 1. The molecule has 6 nitrogen and oxygen atoms in total. The number of carboxylic acid groups (broad SMARTS) is 1. The molecule has 25 heavy (non-hydrogen) atoms. The molecule has 0 saturated heterocycles. The van der Waals surface area contributed by atoms with E-state index in [2.05, 4.69) is 10.3 Å². The third-order valence-corrected chi connectivity index (χ3v) is 4.46. The number of nitrogens with zero attached hydrogens (tertiary/aromatic N) is 1. The van der Waals surface area contributed by atoms with E-state index in [0.717, 1.165) is 10.4 Å². The summed E-state index contributed by atoms with van der Waals surface area (Å²) in [6.45, 7) is 0. The molecular weight excluding hydrogens is 340 g/mol. The van der Waals surface area contributed by atoms with Gasteiger partial charge in [-0.15, -0.1) is 0 Å². The molecule has 2 aromatic carbocycles. The van der Waals surface area contributed by atoms with Gasteiger partial charge >= 0.3 is 5.97 Å². The van der Waals surface area contributed by atoms with Crippen molar-refractivity contribution in [2.45, 2.75) is 0 Å². The summed E-state index contributed by atoms with van der Waals surface area (Å²) in [6, 6.07) is 13.3. The van der Waals surface area contributed by atoms with Gasteiger partial charge in [0.25, 0.3) is 5.91 Å². The van der Waals surface area contributed by atoms with E-state index in [-0.39, 0.29) is 11.5 Å². The molecule has 3 aromatic rings. The fraction of sp³-hybridized carbons (Fsp3) is 0.0556. The van der Waals surface area contributed by atoms with Crippen LogP contribution in [0.2, 0.25) is 0 Å². The average molecular weight is 354 g/mol. The molecule has 0 unspecified atom stereocenters. The number of amides is 1. The lowest BCUT2D eigenvalue weighted by Gasteiger charge is -2.03. The zero-order valence-corrected chi connectivity index (χ0v) is 14.0. The zero-order chi connectivity index (χ0) is 17.8. The zero-order valence-electron chi connectivity index (χ0n) is 13.2. The maximum absolute atomic E-state index is 12.2. The molecule has 7 heteroatoms. The summed E-state index contributed by atoms with van der Waals surface area (Å²) in [5, 5.41) is 12.1. The van der Waals surface area contributed by atoms with Gasteiger partial charge in [-0.3, -0.25) is 10.1 Å². The van der Waals surface area contributed by atoms with Crippen LogP contribution in [0.5, 0.6) is 5.75 Å². The van der Waals surface area contributed by atoms with Gasteiger partial charge < -0.3 is 9.84 Å². The Morgan fingerprint density at radius 2 is 1.68 bits per heavy atom. The van der Waals surface area contributed by atoms with Crippen LogP contribution in [0, 0.1) is 0 Å². The van der Waals surface area contributed by atoms with E-state index in [4.69, 9.17) is 9.84 Å². The molecule has 0 fully saturated rings. The largest absolute Gasteiger partial charge is 0.497 e. The number of carbonyl (C=O) groups is 2. The molecule has 0 aliphatic carbocycles.